The highest BCUT2D eigenvalue weighted by atomic mass is 35.5. The Labute approximate surface area is 229 Å². The highest BCUT2D eigenvalue weighted by molar-refractivity contribution is 7.19. The van der Waals surface area contributed by atoms with Gasteiger partial charge in [0.1, 0.15) is 22.8 Å². The van der Waals surface area contributed by atoms with E-state index >= 15 is 0 Å². The Kier molecular flexibility index (Phi) is 8.21. The molecule has 1 N–H and O–H groups in total. The number of nitrogens with one attached hydrogen (secondary N) is 1. The number of likely N-dealkylation sites (tertiary alicyclic amines) is 1. The van der Waals surface area contributed by atoms with Gasteiger partial charge in [-0.1, -0.05) is 17.7 Å². The van der Waals surface area contributed by atoms with Gasteiger partial charge < -0.3 is 15.0 Å². The zero-order valence-electron chi connectivity index (χ0n) is 21.1. The van der Waals surface area contributed by atoms with Crippen molar-refractivity contribution in [2.24, 2.45) is 5.92 Å². The van der Waals surface area contributed by atoms with Crippen LogP contribution in [0.1, 0.15) is 30.2 Å². The maximum Gasteiger partial charge on any atom is 0.309 e. The van der Waals surface area contributed by atoms with E-state index in [0.717, 1.165) is 46.6 Å². The Morgan fingerprint density at radius 1 is 1.26 bits per heavy atom. The number of ether oxygens (including phenoxy) is 1. The number of carbonyl (C=O) groups is 2. The van der Waals surface area contributed by atoms with Gasteiger partial charge in [-0.2, -0.15) is 0 Å². The van der Waals surface area contributed by atoms with Gasteiger partial charge in [0.15, 0.2) is 0 Å². The Bertz CT molecular complexity index is 1370. The van der Waals surface area contributed by atoms with Crippen LogP contribution in [0.5, 0.6) is 0 Å². The number of hydrogen-bond acceptors (Lipinski definition) is 8. The zero-order valence-corrected chi connectivity index (χ0v) is 22.7. The molecule has 1 saturated heterocycles. The van der Waals surface area contributed by atoms with Crippen LogP contribution in [-0.4, -0.2) is 64.4 Å². The molecule has 4 heterocycles. The van der Waals surface area contributed by atoms with Crippen LogP contribution in [0.15, 0.2) is 36.7 Å². The van der Waals surface area contributed by atoms with Crippen molar-refractivity contribution in [2.75, 3.05) is 38.1 Å². The third-order valence-corrected chi connectivity index (χ3v) is 8.38. The minimum Gasteiger partial charge on any atom is -0.466 e. The Morgan fingerprint density at radius 3 is 2.84 bits per heavy atom. The number of thiophene rings is 1. The molecule has 0 saturated carbocycles. The fourth-order valence-corrected chi connectivity index (χ4v) is 6.32. The minimum atomic E-state index is -0.477. The maximum atomic E-state index is 13.6. The molecule has 1 aromatic carbocycles. The van der Waals surface area contributed by atoms with Crippen LogP contribution in [-0.2, 0) is 27.3 Å². The third kappa shape index (κ3) is 5.82. The second-order valence-electron chi connectivity index (χ2n) is 9.40. The van der Waals surface area contributed by atoms with E-state index in [0.29, 0.717) is 44.2 Å². The molecule has 0 spiro atoms. The number of nitrogens with zero attached hydrogens (tertiary/aromatic N) is 4. The van der Waals surface area contributed by atoms with Crippen LogP contribution in [0.4, 0.5) is 15.9 Å². The smallest absolute Gasteiger partial charge is 0.309 e. The van der Waals surface area contributed by atoms with Gasteiger partial charge in [0.25, 0.3) is 0 Å². The summed E-state index contributed by atoms with van der Waals surface area (Å²) in [6.07, 6.45) is 7.34. The molecule has 2 aliphatic heterocycles. The number of carbonyl (C=O) groups excluding carboxylic acids is 2. The maximum absolute atomic E-state index is 13.6. The van der Waals surface area contributed by atoms with Crippen LogP contribution in [0.2, 0.25) is 5.02 Å². The van der Waals surface area contributed by atoms with E-state index in [2.05, 4.69) is 20.2 Å². The van der Waals surface area contributed by atoms with Crippen molar-refractivity contribution in [3.05, 3.63) is 58.0 Å². The fourth-order valence-electron chi connectivity index (χ4n) is 4.94. The van der Waals surface area contributed by atoms with E-state index in [1.165, 1.54) is 18.5 Å². The van der Waals surface area contributed by atoms with Crippen LogP contribution in [0.3, 0.4) is 0 Å². The number of fused-ring (bicyclic) bond motifs is 3. The molecule has 0 radical (unpaired) electrons. The first-order valence-corrected chi connectivity index (χ1v) is 13.9. The summed E-state index contributed by atoms with van der Waals surface area (Å²) in [5.41, 5.74) is 1.78. The van der Waals surface area contributed by atoms with Gasteiger partial charge in [-0.15, -0.1) is 11.3 Å². The molecular formula is C27H29ClFN5O3S. The van der Waals surface area contributed by atoms with E-state index in [1.54, 1.807) is 23.5 Å². The number of aromatic nitrogens is 2. The van der Waals surface area contributed by atoms with E-state index in [1.807, 2.05) is 17.9 Å². The topological polar surface area (TPSA) is 87.7 Å². The second kappa shape index (κ2) is 11.8. The molecule has 0 unspecified atom stereocenters. The van der Waals surface area contributed by atoms with Crippen molar-refractivity contribution >= 4 is 56.5 Å². The average molecular weight is 558 g/mol. The summed E-state index contributed by atoms with van der Waals surface area (Å²) >= 11 is 7.50. The minimum absolute atomic E-state index is 0.0140. The lowest BCUT2D eigenvalue weighted by Gasteiger charge is -2.30. The lowest BCUT2D eigenvalue weighted by molar-refractivity contribution is -0.149. The van der Waals surface area contributed by atoms with Gasteiger partial charge in [-0.25, -0.2) is 14.4 Å². The molecular weight excluding hydrogens is 529 g/mol. The summed E-state index contributed by atoms with van der Waals surface area (Å²) < 4.78 is 18.7. The van der Waals surface area contributed by atoms with Gasteiger partial charge in [-0.3, -0.25) is 14.5 Å². The van der Waals surface area contributed by atoms with Crippen molar-refractivity contribution < 1.29 is 18.7 Å². The summed E-state index contributed by atoms with van der Waals surface area (Å²) in [7, 11) is 0. The van der Waals surface area contributed by atoms with E-state index in [4.69, 9.17) is 16.3 Å². The molecule has 5 rings (SSSR count). The molecule has 8 nitrogen and oxygen atoms in total. The van der Waals surface area contributed by atoms with Crippen LogP contribution in [0.25, 0.3) is 10.2 Å². The number of halogens is 2. The zero-order chi connectivity index (χ0) is 26.6. The van der Waals surface area contributed by atoms with Crippen molar-refractivity contribution in [2.45, 2.75) is 32.7 Å². The van der Waals surface area contributed by atoms with Crippen molar-refractivity contribution in [3.63, 3.8) is 0 Å². The number of amides is 1. The first-order chi connectivity index (χ1) is 18.4. The van der Waals surface area contributed by atoms with E-state index in [-0.39, 0.29) is 22.8 Å². The average Bonchev–Trinajstić information content (AvgIpc) is 3.30. The molecule has 11 heteroatoms. The largest absolute Gasteiger partial charge is 0.466 e. The molecule has 38 heavy (non-hydrogen) atoms. The van der Waals surface area contributed by atoms with Crippen molar-refractivity contribution in [1.82, 2.24) is 19.8 Å². The molecule has 0 atom stereocenters. The first-order valence-electron chi connectivity index (χ1n) is 12.7. The van der Waals surface area contributed by atoms with Gasteiger partial charge in [0, 0.05) is 29.7 Å². The first kappa shape index (κ1) is 26.5. The predicted molar refractivity (Wildman–Crippen MR) is 146 cm³/mol. The number of piperidine rings is 1. The molecule has 2 aromatic heterocycles. The third-order valence-electron chi connectivity index (χ3n) is 6.96. The van der Waals surface area contributed by atoms with E-state index < -0.39 is 5.82 Å². The molecule has 0 bridgehead atoms. The van der Waals surface area contributed by atoms with Crippen molar-refractivity contribution in [1.29, 1.82) is 0 Å². The summed E-state index contributed by atoms with van der Waals surface area (Å²) in [6, 6.07) is 4.46. The van der Waals surface area contributed by atoms with Crippen LogP contribution >= 0.6 is 22.9 Å². The van der Waals surface area contributed by atoms with Crippen LogP contribution in [0, 0.1) is 11.7 Å². The summed E-state index contributed by atoms with van der Waals surface area (Å²) in [6.45, 7) is 5.68. The Hall–Kier alpha value is -3.08. The molecule has 1 amide bonds. The van der Waals surface area contributed by atoms with Gasteiger partial charge in [-0.05, 0) is 63.0 Å². The summed E-state index contributed by atoms with van der Waals surface area (Å²) in [5, 5.41) is 4.21. The highest BCUT2D eigenvalue weighted by Gasteiger charge is 2.27. The Balaban J connectivity index is 1.20. The summed E-state index contributed by atoms with van der Waals surface area (Å²) in [4.78, 5) is 39.8. The molecule has 200 valence electrons. The lowest BCUT2D eigenvalue weighted by atomic mass is 9.97. The predicted octanol–water partition coefficient (Wildman–Crippen LogP) is 4.94. The molecule has 3 aromatic rings. The Morgan fingerprint density at radius 2 is 2.08 bits per heavy atom. The van der Waals surface area contributed by atoms with Gasteiger partial charge in [0.05, 0.1) is 29.5 Å². The van der Waals surface area contributed by atoms with Crippen LogP contribution < -0.4 is 5.32 Å². The quantitative estimate of drug-likeness (QED) is 0.325. The number of benzene rings is 1. The number of anilines is 2. The standard InChI is InChI=1S/C27H29ClFN5O3S/c1-2-37-27(36)17-7-11-33(12-8-17)10-3-4-23(35)34-13-9-19-22(15-34)38-26-24(19)25(30-16-31-26)32-18-5-6-21(29)20(28)14-18/h3-6,14,16-17H,2,7-13,15H2,1H3,(H,30,31,32)/b4-3+. The number of rotatable bonds is 7. The second-order valence-corrected chi connectivity index (χ2v) is 10.9. The number of esters is 1. The fraction of sp³-hybridized carbons (Fsp3) is 0.407. The molecule has 1 fully saturated rings. The lowest BCUT2D eigenvalue weighted by Crippen LogP contribution is -2.37. The van der Waals surface area contributed by atoms with Crippen molar-refractivity contribution in [3.8, 4) is 0 Å². The van der Waals surface area contributed by atoms with E-state index in [9.17, 15) is 14.0 Å². The summed E-state index contributed by atoms with van der Waals surface area (Å²) in [5.74, 6) is 0.0312. The van der Waals surface area contributed by atoms with Gasteiger partial charge in [0.2, 0.25) is 5.91 Å². The molecule has 2 aliphatic rings. The molecule has 0 aliphatic carbocycles. The SMILES string of the molecule is CCOC(=O)C1CCN(C/C=C/C(=O)N2CCc3c(sc4ncnc(Nc5ccc(F)c(Cl)c5)c34)C2)CC1. The van der Waals surface area contributed by atoms with Gasteiger partial charge >= 0.3 is 5.97 Å². The normalized spacial score (nSPS) is 16.7. The monoisotopic (exact) mass is 557 g/mol. The number of hydrogen-bond donors (Lipinski definition) is 1. The highest BCUT2D eigenvalue weighted by Crippen LogP contribution is 2.38.